The van der Waals surface area contributed by atoms with E-state index in [9.17, 15) is 4.79 Å². The molecular formula is C23H29N2O3+. The van der Waals surface area contributed by atoms with Crippen molar-refractivity contribution in [3.05, 3.63) is 65.4 Å². The molecule has 0 saturated carbocycles. The summed E-state index contributed by atoms with van der Waals surface area (Å²) in [6.07, 6.45) is 2.98. The average Bonchev–Trinajstić information content (AvgIpc) is 3.10. The maximum atomic E-state index is 12.5. The first-order valence-electron chi connectivity index (χ1n) is 9.71. The molecule has 0 saturated heterocycles. The number of aryl methyl sites for hydroxylation is 1. The molecule has 2 aromatic carbocycles. The second kappa shape index (κ2) is 8.93. The van der Waals surface area contributed by atoms with E-state index in [0.717, 1.165) is 28.7 Å². The number of likely N-dealkylation sites (N-methyl/N-ethyl adjacent to an activating group) is 1. The van der Waals surface area contributed by atoms with Crippen LogP contribution in [0.15, 0.2) is 53.1 Å². The summed E-state index contributed by atoms with van der Waals surface area (Å²) in [7, 11) is 5.85. The van der Waals surface area contributed by atoms with Crippen LogP contribution in [0.3, 0.4) is 0 Å². The zero-order chi connectivity index (χ0) is 20.1. The van der Waals surface area contributed by atoms with Crippen LogP contribution < -0.4 is 15.0 Å². The quantitative estimate of drug-likeness (QED) is 0.631. The number of benzene rings is 2. The molecule has 0 fully saturated rings. The van der Waals surface area contributed by atoms with Crippen molar-refractivity contribution in [2.45, 2.75) is 25.8 Å². The van der Waals surface area contributed by atoms with Crippen LogP contribution in [-0.4, -0.2) is 33.7 Å². The lowest BCUT2D eigenvalue weighted by molar-refractivity contribution is -0.890. The van der Waals surface area contributed by atoms with Gasteiger partial charge < -0.3 is 19.4 Å². The minimum atomic E-state index is -0.00468. The van der Waals surface area contributed by atoms with Gasteiger partial charge in [0.05, 0.1) is 40.4 Å². The van der Waals surface area contributed by atoms with E-state index in [1.807, 2.05) is 18.2 Å². The van der Waals surface area contributed by atoms with Crippen molar-refractivity contribution in [3.63, 3.8) is 0 Å². The van der Waals surface area contributed by atoms with Gasteiger partial charge in [0.1, 0.15) is 17.4 Å². The summed E-state index contributed by atoms with van der Waals surface area (Å²) in [5.41, 5.74) is 4.17. The molecule has 1 heterocycles. The monoisotopic (exact) mass is 381 g/mol. The standard InChI is InChI=1S/C23H28N2O3/c1-5-16-6-8-17(9-7-16)21(25(2)3)14-24-23(26)12-18-15-28-22-13-19(27-4)10-11-20(18)22/h6-11,13,15,21H,5,12,14H2,1-4H3,(H,24,26)/p+1/t21-/m1/s1. The van der Waals surface area contributed by atoms with Gasteiger partial charge in [0.15, 0.2) is 0 Å². The smallest absolute Gasteiger partial charge is 0.224 e. The highest BCUT2D eigenvalue weighted by atomic mass is 16.5. The van der Waals surface area contributed by atoms with Gasteiger partial charge in [-0.25, -0.2) is 0 Å². The van der Waals surface area contributed by atoms with Gasteiger partial charge in [0.2, 0.25) is 5.91 Å². The van der Waals surface area contributed by atoms with E-state index in [0.29, 0.717) is 13.0 Å². The van der Waals surface area contributed by atoms with Crippen molar-refractivity contribution in [3.8, 4) is 5.75 Å². The van der Waals surface area contributed by atoms with Crippen LogP contribution in [0.25, 0.3) is 11.0 Å². The zero-order valence-corrected chi connectivity index (χ0v) is 17.0. The van der Waals surface area contributed by atoms with Gasteiger partial charge in [-0.05, 0) is 24.1 Å². The zero-order valence-electron chi connectivity index (χ0n) is 17.0. The Morgan fingerprint density at radius 1 is 1.18 bits per heavy atom. The predicted molar refractivity (Wildman–Crippen MR) is 111 cm³/mol. The van der Waals surface area contributed by atoms with Crippen LogP contribution in [-0.2, 0) is 17.6 Å². The summed E-state index contributed by atoms with van der Waals surface area (Å²) in [6, 6.07) is 14.5. The van der Waals surface area contributed by atoms with Gasteiger partial charge >= 0.3 is 0 Å². The number of quaternary nitrogens is 1. The fourth-order valence-corrected chi connectivity index (χ4v) is 3.42. The summed E-state index contributed by atoms with van der Waals surface area (Å²) in [5, 5.41) is 4.04. The third kappa shape index (κ3) is 4.54. The molecule has 0 radical (unpaired) electrons. The summed E-state index contributed by atoms with van der Waals surface area (Å²) in [5.74, 6) is 0.735. The molecule has 5 heteroatoms. The van der Waals surface area contributed by atoms with Crippen molar-refractivity contribution in [1.29, 1.82) is 0 Å². The molecule has 3 rings (SSSR count). The van der Waals surface area contributed by atoms with Crippen LogP contribution in [0.2, 0.25) is 0 Å². The topological polar surface area (TPSA) is 55.9 Å². The minimum Gasteiger partial charge on any atom is -0.497 e. The molecule has 5 nitrogen and oxygen atoms in total. The van der Waals surface area contributed by atoms with Gasteiger partial charge in [-0.1, -0.05) is 31.2 Å². The number of hydrogen-bond acceptors (Lipinski definition) is 3. The number of ether oxygens (including phenoxy) is 1. The van der Waals surface area contributed by atoms with E-state index >= 15 is 0 Å². The summed E-state index contributed by atoms with van der Waals surface area (Å²) < 4.78 is 10.8. The molecule has 1 aromatic heterocycles. The van der Waals surface area contributed by atoms with E-state index in [1.54, 1.807) is 13.4 Å². The third-order valence-electron chi connectivity index (χ3n) is 5.20. The Bertz CT molecular complexity index is 929. The van der Waals surface area contributed by atoms with Crippen LogP contribution in [0, 0.1) is 0 Å². The Kier molecular flexibility index (Phi) is 6.37. The maximum absolute atomic E-state index is 12.5. The Balaban J connectivity index is 1.65. The van der Waals surface area contributed by atoms with E-state index in [1.165, 1.54) is 16.0 Å². The first-order valence-corrected chi connectivity index (χ1v) is 9.71. The molecule has 0 aliphatic rings. The molecule has 0 aliphatic carbocycles. The van der Waals surface area contributed by atoms with Crippen molar-refractivity contribution in [1.82, 2.24) is 5.32 Å². The first-order chi connectivity index (χ1) is 13.5. The SMILES string of the molecule is CCc1ccc([C@@H](CNC(=O)Cc2coc3cc(OC)ccc23)[NH+](C)C)cc1. The largest absolute Gasteiger partial charge is 0.497 e. The average molecular weight is 381 g/mol. The van der Waals surface area contributed by atoms with Crippen LogP contribution >= 0.6 is 0 Å². The molecule has 1 amide bonds. The maximum Gasteiger partial charge on any atom is 0.224 e. The van der Waals surface area contributed by atoms with Gasteiger partial charge in [-0.3, -0.25) is 4.79 Å². The number of rotatable bonds is 8. The molecule has 28 heavy (non-hydrogen) atoms. The Morgan fingerprint density at radius 3 is 2.57 bits per heavy atom. The van der Waals surface area contributed by atoms with E-state index in [-0.39, 0.29) is 11.9 Å². The minimum absolute atomic E-state index is 0.00468. The number of carbonyl (C=O) groups is 1. The van der Waals surface area contributed by atoms with Crippen molar-refractivity contribution in [2.24, 2.45) is 0 Å². The highest BCUT2D eigenvalue weighted by Crippen LogP contribution is 2.25. The number of carbonyl (C=O) groups excluding carboxylic acids is 1. The number of furan rings is 1. The van der Waals surface area contributed by atoms with Crippen LogP contribution in [0.5, 0.6) is 5.75 Å². The molecule has 0 unspecified atom stereocenters. The van der Waals surface area contributed by atoms with Crippen molar-refractivity contribution in [2.75, 3.05) is 27.7 Å². The van der Waals surface area contributed by atoms with Crippen LogP contribution in [0.1, 0.15) is 29.7 Å². The first kappa shape index (κ1) is 20.0. The molecule has 1 atom stereocenters. The third-order valence-corrected chi connectivity index (χ3v) is 5.20. The molecule has 0 spiro atoms. The highest BCUT2D eigenvalue weighted by Gasteiger charge is 2.19. The summed E-state index contributed by atoms with van der Waals surface area (Å²) in [6.45, 7) is 2.75. The molecule has 0 bridgehead atoms. The lowest BCUT2D eigenvalue weighted by Crippen LogP contribution is -3.07. The lowest BCUT2D eigenvalue weighted by atomic mass is 10.0. The Labute approximate surface area is 166 Å². The molecular weight excluding hydrogens is 352 g/mol. The van der Waals surface area contributed by atoms with E-state index < -0.39 is 0 Å². The molecule has 0 aliphatic heterocycles. The van der Waals surface area contributed by atoms with Gasteiger partial charge in [0.25, 0.3) is 0 Å². The van der Waals surface area contributed by atoms with E-state index in [2.05, 4.69) is 50.6 Å². The van der Waals surface area contributed by atoms with Gasteiger partial charge in [-0.2, -0.15) is 0 Å². The summed E-state index contributed by atoms with van der Waals surface area (Å²) in [4.78, 5) is 13.8. The predicted octanol–water partition coefficient (Wildman–Crippen LogP) is 2.55. The molecule has 3 aromatic rings. The fraction of sp³-hybridized carbons (Fsp3) is 0.348. The number of amides is 1. The van der Waals surface area contributed by atoms with Gasteiger partial charge in [-0.15, -0.1) is 0 Å². The second-order valence-electron chi connectivity index (χ2n) is 7.33. The number of hydrogen-bond donors (Lipinski definition) is 2. The lowest BCUT2D eigenvalue weighted by Gasteiger charge is -2.22. The second-order valence-corrected chi connectivity index (χ2v) is 7.33. The van der Waals surface area contributed by atoms with Crippen molar-refractivity contribution >= 4 is 16.9 Å². The highest BCUT2D eigenvalue weighted by molar-refractivity contribution is 5.88. The number of fused-ring (bicyclic) bond motifs is 1. The number of methoxy groups -OCH3 is 1. The van der Waals surface area contributed by atoms with Gasteiger partial charge in [0, 0.05) is 22.6 Å². The normalized spacial score (nSPS) is 12.3. The number of nitrogens with one attached hydrogen (secondary N) is 2. The Hall–Kier alpha value is -2.79. The molecule has 2 N–H and O–H groups in total. The van der Waals surface area contributed by atoms with Crippen molar-refractivity contribution < 1.29 is 18.8 Å². The Morgan fingerprint density at radius 2 is 1.93 bits per heavy atom. The fourth-order valence-electron chi connectivity index (χ4n) is 3.42. The summed E-state index contributed by atoms with van der Waals surface area (Å²) >= 11 is 0. The van der Waals surface area contributed by atoms with E-state index in [4.69, 9.17) is 9.15 Å². The van der Waals surface area contributed by atoms with Crippen LogP contribution in [0.4, 0.5) is 0 Å². The molecule has 148 valence electrons.